The highest BCUT2D eigenvalue weighted by Crippen LogP contribution is 2.39. The van der Waals surface area contributed by atoms with Gasteiger partial charge < -0.3 is 15.3 Å². The standard InChI is InChI=1S/C17H24N2O2/c1-11(13-7-3-4-9-15(13)20)19(2)17(21)16-14-8-5-6-12(14)10-18-16/h3-4,7,9,11-12,14,16,18,20H,5-6,8,10H2,1-2H3. The Morgan fingerprint density at radius 3 is 2.90 bits per heavy atom. The van der Waals surface area contributed by atoms with Gasteiger partial charge in [-0.2, -0.15) is 0 Å². The summed E-state index contributed by atoms with van der Waals surface area (Å²) in [5, 5.41) is 13.4. The molecule has 1 saturated heterocycles. The minimum absolute atomic E-state index is 0.0456. The first-order valence-electron chi connectivity index (χ1n) is 7.87. The van der Waals surface area contributed by atoms with E-state index in [1.807, 2.05) is 26.1 Å². The number of carbonyl (C=O) groups is 1. The van der Waals surface area contributed by atoms with Crippen molar-refractivity contribution in [2.24, 2.45) is 11.8 Å². The fourth-order valence-corrected chi connectivity index (χ4v) is 3.92. The van der Waals surface area contributed by atoms with Crippen LogP contribution in [0.1, 0.15) is 37.8 Å². The number of phenols is 1. The molecule has 1 aromatic carbocycles. The lowest BCUT2D eigenvalue weighted by atomic mass is 9.93. The van der Waals surface area contributed by atoms with Crippen LogP contribution in [0, 0.1) is 11.8 Å². The summed E-state index contributed by atoms with van der Waals surface area (Å²) >= 11 is 0. The number of benzene rings is 1. The van der Waals surface area contributed by atoms with Crippen molar-refractivity contribution in [1.29, 1.82) is 0 Å². The summed E-state index contributed by atoms with van der Waals surface area (Å²) in [6, 6.07) is 7.08. The summed E-state index contributed by atoms with van der Waals surface area (Å²) in [6.07, 6.45) is 3.66. The Morgan fingerprint density at radius 1 is 1.38 bits per heavy atom. The van der Waals surface area contributed by atoms with Crippen LogP contribution in [0.15, 0.2) is 24.3 Å². The van der Waals surface area contributed by atoms with E-state index in [0.29, 0.717) is 11.8 Å². The molecule has 4 nitrogen and oxygen atoms in total. The maximum Gasteiger partial charge on any atom is 0.240 e. The molecule has 1 aromatic rings. The lowest BCUT2D eigenvalue weighted by Crippen LogP contribution is -2.45. The molecule has 1 amide bonds. The zero-order chi connectivity index (χ0) is 15.0. The van der Waals surface area contributed by atoms with Crippen LogP contribution < -0.4 is 5.32 Å². The van der Waals surface area contributed by atoms with Gasteiger partial charge in [0.2, 0.25) is 5.91 Å². The summed E-state index contributed by atoms with van der Waals surface area (Å²) in [5.74, 6) is 1.58. The Balaban J connectivity index is 1.74. The Morgan fingerprint density at radius 2 is 2.14 bits per heavy atom. The van der Waals surface area contributed by atoms with E-state index in [4.69, 9.17) is 0 Å². The number of hydrogen-bond acceptors (Lipinski definition) is 3. The molecule has 4 heteroatoms. The van der Waals surface area contributed by atoms with Gasteiger partial charge in [0.15, 0.2) is 0 Å². The van der Waals surface area contributed by atoms with Crippen LogP contribution >= 0.6 is 0 Å². The number of carbonyl (C=O) groups excluding carboxylic acids is 1. The summed E-state index contributed by atoms with van der Waals surface area (Å²) in [5.41, 5.74) is 0.800. The topological polar surface area (TPSA) is 52.6 Å². The normalized spacial score (nSPS) is 29.1. The Bertz CT molecular complexity index is 531. The highest BCUT2D eigenvalue weighted by molar-refractivity contribution is 5.83. The van der Waals surface area contributed by atoms with Gasteiger partial charge in [-0.05, 0) is 44.2 Å². The first-order valence-corrected chi connectivity index (χ1v) is 7.87. The molecule has 2 aliphatic rings. The van der Waals surface area contributed by atoms with Crippen molar-refractivity contribution < 1.29 is 9.90 Å². The third kappa shape index (κ3) is 2.53. The second-order valence-corrected chi connectivity index (χ2v) is 6.42. The van der Waals surface area contributed by atoms with Crippen molar-refractivity contribution in [2.45, 2.75) is 38.3 Å². The molecule has 0 radical (unpaired) electrons. The zero-order valence-corrected chi connectivity index (χ0v) is 12.7. The third-order valence-corrected chi connectivity index (χ3v) is 5.33. The van der Waals surface area contributed by atoms with Crippen LogP contribution in [0.3, 0.4) is 0 Å². The number of hydrogen-bond donors (Lipinski definition) is 2. The lowest BCUT2D eigenvalue weighted by molar-refractivity contribution is -0.134. The van der Waals surface area contributed by atoms with Gasteiger partial charge in [-0.25, -0.2) is 0 Å². The first kappa shape index (κ1) is 14.4. The zero-order valence-electron chi connectivity index (χ0n) is 12.7. The molecule has 1 heterocycles. The number of likely N-dealkylation sites (N-methyl/N-ethyl adjacent to an activating group) is 1. The van der Waals surface area contributed by atoms with Crippen molar-refractivity contribution in [3.63, 3.8) is 0 Å². The highest BCUT2D eigenvalue weighted by Gasteiger charge is 2.43. The molecular formula is C17H24N2O2. The highest BCUT2D eigenvalue weighted by atomic mass is 16.3. The van der Waals surface area contributed by atoms with E-state index < -0.39 is 0 Å². The number of phenolic OH excluding ortho intramolecular Hbond substituents is 1. The van der Waals surface area contributed by atoms with Crippen LogP contribution in [0.4, 0.5) is 0 Å². The minimum atomic E-state index is -0.124. The van der Waals surface area contributed by atoms with Gasteiger partial charge in [-0.15, -0.1) is 0 Å². The van der Waals surface area contributed by atoms with Crippen LogP contribution in [0.5, 0.6) is 5.75 Å². The number of amides is 1. The molecule has 3 rings (SSSR count). The molecule has 4 unspecified atom stereocenters. The van der Waals surface area contributed by atoms with Crippen molar-refractivity contribution >= 4 is 5.91 Å². The molecule has 4 atom stereocenters. The van der Waals surface area contributed by atoms with Crippen LogP contribution in [-0.4, -0.2) is 35.5 Å². The van der Waals surface area contributed by atoms with Crippen molar-refractivity contribution in [3.8, 4) is 5.75 Å². The van der Waals surface area contributed by atoms with E-state index in [9.17, 15) is 9.90 Å². The Kier molecular flexibility index (Phi) is 3.89. The molecule has 0 spiro atoms. The van der Waals surface area contributed by atoms with Gasteiger partial charge in [-0.1, -0.05) is 24.6 Å². The van der Waals surface area contributed by atoms with Gasteiger partial charge in [0.05, 0.1) is 12.1 Å². The van der Waals surface area contributed by atoms with E-state index in [2.05, 4.69) is 5.32 Å². The van der Waals surface area contributed by atoms with E-state index >= 15 is 0 Å². The number of nitrogens with zero attached hydrogens (tertiary/aromatic N) is 1. The van der Waals surface area contributed by atoms with Crippen LogP contribution in [-0.2, 0) is 4.79 Å². The summed E-state index contributed by atoms with van der Waals surface area (Å²) in [4.78, 5) is 14.6. The van der Waals surface area contributed by atoms with Crippen molar-refractivity contribution in [3.05, 3.63) is 29.8 Å². The van der Waals surface area contributed by atoms with Crippen LogP contribution in [0.2, 0.25) is 0 Å². The van der Waals surface area contributed by atoms with Gasteiger partial charge in [0, 0.05) is 12.6 Å². The molecule has 21 heavy (non-hydrogen) atoms. The lowest BCUT2D eigenvalue weighted by Gasteiger charge is -2.30. The van der Waals surface area contributed by atoms with Crippen LogP contribution in [0.25, 0.3) is 0 Å². The number of nitrogens with one attached hydrogen (secondary N) is 1. The number of rotatable bonds is 3. The molecule has 0 aromatic heterocycles. The van der Waals surface area contributed by atoms with Gasteiger partial charge in [0.25, 0.3) is 0 Å². The van der Waals surface area contributed by atoms with Crippen molar-refractivity contribution in [1.82, 2.24) is 10.2 Å². The summed E-state index contributed by atoms with van der Waals surface area (Å²) < 4.78 is 0. The van der Waals surface area contributed by atoms with E-state index in [0.717, 1.165) is 18.5 Å². The summed E-state index contributed by atoms with van der Waals surface area (Å²) in [6.45, 7) is 2.94. The molecule has 2 fully saturated rings. The summed E-state index contributed by atoms with van der Waals surface area (Å²) in [7, 11) is 1.84. The quantitative estimate of drug-likeness (QED) is 0.897. The monoisotopic (exact) mass is 288 g/mol. The molecule has 114 valence electrons. The van der Waals surface area contributed by atoms with E-state index in [-0.39, 0.29) is 23.7 Å². The fraction of sp³-hybridized carbons (Fsp3) is 0.588. The predicted molar refractivity (Wildman–Crippen MR) is 81.9 cm³/mol. The SMILES string of the molecule is CC(c1ccccc1O)N(C)C(=O)C1NCC2CCCC21. The largest absolute Gasteiger partial charge is 0.508 e. The second kappa shape index (κ2) is 5.68. The van der Waals surface area contributed by atoms with Gasteiger partial charge >= 0.3 is 0 Å². The maximum atomic E-state index is 12.8. The van der Waals surface area contributed by atoms with Gasteiger partial charge in [0.1, 0.15) is 5.75 Å². The molecular weight excluding hydrogens is 264 g/mol. The molecule has 1 saturated carbocycles. The number of aromatic hydroxyl groups is 1. The third-order valence-electron chi connectivity index (χ3n) is 5.33. The molecule has 0 bridgehead atoms. The maximum absolute atomic E-state index is 12.8. The van der Waals surface area contributed by atoms with Crippen molar-refractivity contribution in [2.75, 3.05) is 13.6 Å². The molecule has 1 aliphatic heterocycles. The van der Waals surface area contributed by atoms with E-state index in [1.165, 1.54) is 12.8 Å². The smallest absolute Gasteiger partial charge is 0.240 e. The fourth-order valence-electron chi connectivity index (χ4n) is 3.92. The average molecular weight is 288 g/mol. The second-order valence-electron chi connectivity index (χ2n) is 6.42. The predicted octanol–water partition coefficient (Wildman–Crippen LogP) is 2.30. The average Bonchev–Trinajstić information content (AvgIpc) is 3.08. The van der Waals surface area contributed by atoms with E-state index in [1.54, 1.807) is 17.0 Å². The molecule has 2 N–H and O–H groups in total. The van der Waals surface area contributed by atoms with Gasteiger partial charge in [-0.3, -0.25) is 4.79 Å². The molecule has 1 aliphatic carbocycles. The Labute approximate surface area is 126 Å². The number of para-hydroxylation sites is 1. The minimum Gasteiger partial charge on any atom is -0.508 e. The number of fused-ring (bicyclic) bond motifs is 1. The Hall–Kier alpha value is -1.55. The first-order chi connectivity index (χ1) is 10.1.